The van der Waals surface area contributed by atoms with Gasteiger partial charge in [0, 0.05) is 18.1 Å². The topological polar surface area (TPSA) is 29.3 Å². The third-order valence-electron chi connectivity index (χ3n) is 5.81. The minimum Gasteiger partial charge on any atom is -0.329 e. The van der Waals surface area contributed by atoms with Gasteiger partial charge in [0.15, 0.2) is 0 Å². The molecule has 2 aliphatic rings. The number of nitrogens with two attached hydrogens (primary N) is 1. The number of hydrogen-bond donors (Lipinski definition) is 1. The van der Waals surface area contributed by atoms with Crippen molar-refractivity contribution in [2.45, 2.75) is 89.6 Å². The van der Waals surface area contributed by atoms with E-state index in [2.05, 4.69) is 18.7 Å². The van der Waals surface area contributed by atoms with Crippen LogP contribution in [0.4, 0.5) is 0 Å². The molecule has 3 atom stereocenters. The van der Waals surface area contributed by atoms with E-state index < -0.39 is 0 Å². The second kappa shape index (κ2) is 7.08. The van der Waals surface area contributed by atoms with Crippen molar-refractivity contribution in [2.24, 2.45) is 11.7 Å². The number of likely N-dealkylation sites (tertiary alicyclic amines) is 1. The first-order chi connectivity index (χ1) is 9.25. The summed E-state index contributed by atoms with van der Waals surface area (Å²) in [6, 6.07) is 0.811. The standard InChI is InChI=1S/C17H34N2/c1-3-7-15-8-5-11-17(14-18,12-10-15)19-13-6-9-16(19)4-2/h15-16H,3-14,18H2,1-2H3. The van der Waals surface area contributed by atoms with E-state index in [0.717, 1.165) is 18.5 Å². The molecule has 2 fully saturated rings. The van der Waals surface area contributed by atoms with Gasteiger partial charge in [-0.25, -0.2) is 0 Å². The lowest BCUT2D eigenvalue weighted by Crippen LogP contribution is -2.55. The molecule has 1 aliphatic carbocycles. The van der Waals surface area contributed by atoms with Gasteiger partial charge in [0.25, 0.3) is 0 Å². The highest BCUT2D eigenvalue weighted by Crippen LogP contribution is 2.39. The molecule has 2 heteroatoms. The average Bonchev–Trinajstić information content (AvgIpc) is 2.82. The fourth-order valence-corrected chi connectivity index (χ4v) is 4.65. The zero-order valence-corrected chi connectivity index (χ0v) is 13.2. The van der Waals surface area contributed by atoms with E-state index >= 15 is 0 Å². The summed E-state index contributed by atoms with van der Waals surface area (Å²) in [6.07, 6.45) is 13.8. The van der Waals surface area contributed by atoms with Gasteiger partial charge in [-0.3, -0.25) is 4.90 Å². The molecular formula is C17H34N2. The summed E-state index contributed by atoms with van der Waals surface area (Å²) in [6.45, 7) is 6.86. The highest BCUT2D eigenvalue weighted by atomic mass is 15.2. The molecule has 0 spiro atoms. The molecule has 0 radical (unpaired) electrons. The van der Waals surface area contributed by atoms with Gasteiger partial charge in [0.1, 0.15) is 0 Å². The molecule has 1 saturated carbocycles. The van der Waals surface area contributed by atoms with Crippen molar-refractivity contribution in [1.82, 2.24) is 4.90 Å². The predicted molar refractivity (Wildman–Crippen MR) is 83.3 cm³/mol. The summed E-state index contributed by atoms with van der Waals surface area (Å²) in [4.78, 5) is 2.82. The maximum Gasteiger partial charge on any atom is 0.0334 e. The molecule has 19 heavy (non-hydrogen) atoms. The van der Waals surface area contributed by atoms with Crippen LogP contribution in [-0.4, -0.2) is 29.6 Å². The third-order valence-corrected chi connectivity index (χ3v) is 5.81. The van der Waals surface area contributed by atoms with Crippen molar-refractivity contribution >= 4 is 0 Å². The van der Waals surface area contributed by atoms with Crippen LogP contribution in [0.15, 0.2) is 0 Å². The zero-order chi connectivity index (χ0) is 13.7. The fraction of sp³-hybridized carbons (Fsp3) is 1.00. The molecule has 0 aromatic carbocycles. The van der Waals surface area contributed by atoms with Crippen molar-refractivity contribution < 1.29 is 0 Å². The smallest absolute Gasteiger partial charge is 0.0334 e. The lowest BCUT2D eigenvalue weighted by Gasteiger charge is -2.44. The number of hydrogen-bond acceptors (Lipinski definition) is 2. The zero-order valence-electron chi connectivity index (χ0n) is 13.2. The van der Waals surface area contributed by atoms with Crippen LogP contribution in [0.2, 0.25) is 0 Å². The van der Waals surface area contributed by atoms with Crippen LogP contribution in [0.1, 0.15) is 78.1 Å². The quantitative estimate of drug-likeness (QED) is 0.764. The van der Waals surface area contributed by atoms with Gasteiger partial charge in [-0.05, 0) is 51.0 Å². The Labute approximate surface area is 120 Å². The molecule has 0 aromatic rings. The molecular weight excluding hydrogens is 232 g/mol. The van der Waals surface area contributed by atoms with Gasteiger partial charge in [0.05, 0.1) is 0 Å². The molecule has 2 rings (SSSR count). The lowest BCUT2D eigenvalue weighted by atomic mass is 9.86. The molecule has 112 valence electrons. The second-order valence-electron chi connectivity index (χ2n) is 6.91. The van der Waals surface area contributed by atoms with Gasteiger partial charge < -0.3 is 5.73 Å². The van der Waals surface area contributed by atoms with Gasteiger partial charge in [-0.15, -0.1) is 0 Å². The van der Waals surface area contributed by atoms with E-state index in [1.807, 2.05) is 0 Å². The highest BCUT2D eigenvalue weighted by molar-refractivity contribution is 4.99. The number of nitrogens with zero attached hydrogens (tertiary/aromatic N) is 1. The largest absolute Gasteiger partial charge is 0.329 e. The van der Waals surface area contributed by atoms with E-state index in [-0.39, 0.29) is 0 Å². The summed E-state index contributed by atoms with van der Waals surface area (Å²) < 4.78 is 0. The van der Waals surface area contributed by atoms with E-state index in [1.165, 1.54) is 70.8 Å². The maximum atomic E-state index is 6.28. The number of rotatable bonds is 5. The normalized spacial score (nSPS) is 37.4. The Morgan fingerprint density at radius 1 is 1.11 bits per heavy atom. The Hall–Kier alpha value is -0.0800. The summed E-state index contributed by atoms with van der Waals surface area (Å²) in [5.74, 6) is 0.973. The molecule has 1 aliphatic heterocycles. The van der Waals surface area contributed by atoms with Crippen LogP contribution < -0.4 is 5.73 Å². The summed E-state index contributed by atoms with van der Waals surface area (Å²) in [5.41, 5.74) is 6.63. The molecule has 1 saturated heterocycles. The summed E-state index contributed by atoms with van der Waals surface area (Å²) >= 11 is 0. The monoisotopic (exact) mass is 266 g/mol. The lowest BCUT2D eigenvalue weighted by molar-refractivity contribution is 0.0624. The minimum atomic E-state index is 0.347. The van der Waals surface area contributed by atoms with E-state index in [4.69, 9.17) is 5.73 Å². The van der Waals surface area contributed by atoms with Crippen molar-refractivity contribution in [3.05, 3.63) is 0 Å². The van der Waals surface area contributed by atoms with Crippen LogP contribution in [0, 0.1) is 5.92 Å². The van der Waals surface area contributed by atoms with Crippen molar-refractivity contribution in [2.75, 3.05) is 13.1 Å². The molecule has 3 unspecified atom stereocenters. The van der Waals surface area contributed by atoms with E-state index in [0.29, 0.717) is 5.54 Å². The van der Waals surface area contributed by atoms with Crippen LogP contribution in [-0.2, 0) is 0 Å². The Morgan fingerprint density at radius 3 is 2.63 bits per heavy atom. The van der Waals surface area contributed by atoms with Gasteiger partial charge in [0.2, 0.25) is 0 Å². The average molecular weight is 266 g/mol. The summed E-state index contributed by atoms with van der Waals surface area (Å²) in [7, 11) is 0. The first-order valence-corrected chi connectivity index (χ1v) is 8.72. The first kappa shape index (κ1) is 15.3. The van der Waals surface area contributed by atoms with Gasteiger partial charge in [-0.2, -0.15) is 0 Å². The van der Waals surface area contributed by atoms with Crippen LogP contribution in [0.25, 0.3) is 0 Å². The van der Waals surface area contributed by atoms with Crippen LogP contribution >= 0.6 is 0 Å². The Morgan fingerprint density at radius 2 is 1.95 bits per heavy atom. The predicted octanol–water partition coefficient (Wildman–Crippen LogP) is 3.94. The molecule has 1 heterocycles. The van der Waals surface area contributed by atoms with Crippen LogP contribution in [0.5, 0.6) is 0 Å². The highest BCUT2D eigenvalue weighted by Gasteiger charge is 2.41. The Bertz CT molecular complexity index is 266. The Kier molecular flexibility index (Phi) is 5.70. The SMILES string of the molecule is CCCC1CCCC(CN)(N2CCCC2CC)CC1. The van der Waals surface area contributed by atoms with Crippen molar-refractivity contribution in [1.29, 1.82) is 0 Å². The van der Waals surface area contributed by atoms with Crippen LogP contribution in [0.3, 0.4) is 0 Å². The summed E-state index contributed by atoms with van der Waals surface area (Å²) in [5, 5.41) is 0. The molecule has 0 aromatic heterocycles. The Balaban J connectivity index is 2.05. The molecule has 2 N–H and O–H groups in total. The van der Waals surface area contributed by atoms with Crippen molar-refractivity contribution in [3.63, 3.8) is 0 Å². The first-order valence-electron chi connectivity index (χ1n) is 8.72. The van der Waals surface area contributed by atoms with Gasteiger partial charge in [-0.1, -0.05) is 39.5 Å². The minimum absolute atomic E-state index is 0.347. The second-order valence-corrected chi connectivity index (χ2v) is 6.91. The molecule has 0 bridgehead atoms. The fourth-order valence-electron chi connectivity index (χ4n) is 4.65. The molecule has 0 amide bonds. The van der Waals surface area contributed by atoms with E-state index in [1.54, 1.807) is 0 Å². The van der Waals surface area contributed by atoms with Crippen molar-refractivity contribution in [3.8, 4) is 0 Å². The molecule has 2 nitrogen and oxygen atoms in total. The maximum absolute atomic E-state index is 6.28. The van der Waals surface area contributed by atoms with Gasteiger partial charge >= 0.3 is 0 Å². The third kappa shape index (κ3) is 3.33. The van der Waals surface area contributed by atoms with E-state index in [9.17, 15) is 0 Å².